The van der Waals surface area contributed by atoms with Crippen molar-refractivity contribution in [1.29, 1.82) is 0 Å². The van der Waals surface area contributed by atoms with E-state index < -0.39 is 5.54 Å². The zero-order valence-electron chi connectivity index (χ0n) is 19.0. The number of carbonyl (C=O) groups is 1. The summed E-state index contributed by atoms with van der Waals surface area (Å²) in [7, 11) is 0. The molecule has 0 saturated carbocycles. The van der Waals surface area contributed by atoms with Gasteiger partial charge in [0.15, 0.2) is 11.6 Å². The second kappa shape index (κ2) is 8.52. The van der Waals surface area contributed by atoms with Crippen LogP contribution in [0, 0.1) is 13.8 Å². The van der Waals surface area contributed by atoms with E-state index in [-0.39, 0.29) is 5.91 Å². The van der Waals surface area contributed by atoms with Crippen LogP contribution in [0.3, 0.4) is 0 Å². The minimum Gasteiger partial charge on any atom is -0.326 e. The first-order chi connectivity index (χ1) is 16.3. The molecule has 1 fully saturated rings. The molecule has 5 rings (SSSR count). The molecule has 1 saturated heterocycles. The van der Waals surface area contributed by atoms with Gasteiger partial charge in [-0.25, -0.2) is 0 Å². The lowest BCUT2D eigenvalue weighted by molar-refractivity contribution is 0.0604. The number of aromatic nitrogens is 6. The molecule has 10 heteroatoms. The molecule has 0 radical (unpaired) electrons. The number of aryl methyl sites for hydroxylation is 1. The van der Waals surface area contributed by atoms with Gasteiger partial charge in [0, 0.05) is 22.2 Å². The maximum absolute atomic E-state index is 13.9. The summed E-state index contributed by atoms with van der Waals surface area (Å²) in [5.74, 6) is 1.09. The molecular weight excluding hydrogens is 473 g/mol. The van der Waals surface area contributed by atoms with Gasteiger partial charge in [-0.2, -0.15) is 15.0 Å². The molecule has 1 atom stereocenters. The van der Waals surface area contributed by atoms with Crippen LogP contribution in [-0.4, -0.2) is 47.5 Å². The van der Waals surface area contributed by atoms with Crippen LogP contribution in [0.5, 0.6) is 0 Å². The molecule has 8 nitrogen and oxygen atoms in total. The van der Waals surface area contributed by atoms with Crippen molar-refractivity contribution in [3.05, 3.63) is 75.3 Å². The summed E-state index contributed by atoms with van der Waals surface area (Å²) in [5, 5.41) is 18.5. The van der Waals surface area contributed by atoms with Crippen LogP contribution < -0.4 is 0 Å². The number of amides is 1. The summed E-state index contributed by atoms with van der Waals surface area (Å²) in [5.41, 5.74) is 2.99. The minimum absolute atomic E-state index is 0.161. The highest BCUT2D eigenvalue weighted by molar-refractivity contribution is 6.32. The van der Waals surface area contributed by atoms with E-state index in [0.717, 1.165) is 29.5 Å². The number of carbonyl (C=O) groups excluding carboxylic acids is 1. The van der Waals surface area contributed by atoms with Crippen molar-refractivity contribution in [3.63, 3.8) is 0 Å². The fourth-order valence-corrected chi connectivity index (χ4v) is 4.85. The summed E-state index contributed by atoms with van der Waals surface area (Å²) in [6.07, 6.45) is 4.73. The monoisotopic (exact) mass is 495 g/mol. The number of benzene rings is 2. The van der Waals surface area contributed by atoms with Crippen LogP contribution in [0.2, 0.25) is 10.0 Å². The molecule has 1 amide bonds. The largest absolute Gasteiger partial charge is 0.326 e. The summed E-state index contributed by atoms with van der Waals surface area (Å²) in [4.78, 5) is 20.5. The average molecular weight is 496 g/mol. The van der Waals surface area contributed by atoms with Crippen LogP contribution >= 0.6 is 23.2 Å². The lowest BCUT2D eigenvalue weighted by atomic mass is 9.96. The number of hydrogen-bond acceptors (Lipinski definition) is 5. The molecule has 0 spiro atoms. The van der Waals surface area contributed by atoms with Gasteiger partial charge in [-0.05, 0) is 62.9 Å². The molecular formula is C24H23Cl2N7O. The predicted molar refractivity (Wildman–Crippen MR) is 130 cm³/mol. The Bertz CT molecular complexity index is 1380. The Morgan fingerprint density at radius 2 is 1.85 bits per heavy atom. The van der Waals surface area contributed by atoms with Crippen molar-refractivity contribution in [2.24, 2.45) is 0 Å². The standard InChI is InChI=1S/C24H23Cl2N7O/c1-14-12-20(33-27-9-10-28-33)17(13-19(14)26)22(34)32-11-5-8-24(32,3)23-29-21(30-31-23)16-6-4-7-18(25)15(16)2/h4,6-7,9-10,12-13H,5,8,11H2,1-3H3,(H,29,30,31). The average Bonchev–Trinajstić information content (AvgIpc) is 3.58. The number of likely N-dealkylation sites (tertiary alicyclic amines) is 1. The lowest BCUT2D eigenvalue weighted by Crippen LogP contribution is -2.44. The molecule has 4 aromatic rings. The van der Waals surface area contributed by atoms with Crippen LogP contribution in [0.25, 0.3) is 17.1 Å². The van der Waals surface area contributed by atoms with Gasteiger partial charge in [-0.15, -0.1) is 10.2 Å². The normalized spacial score (nSPS) is 18.0. The van der Waals surface area contributed by atoms with Gasteiger partial charge in [-0.1, -0.05) is 35.3 Å². The topological polar surface area (TPSA) is 92.6 Å². The molecule has 1 aliphatic heterocycles. The van der Waals surface area contributed by atoms with E-state index in [2.05, 4.69) is 25.4 Å². The highest BCUT2D eigenvalue weighted by atomic mass is 35.5. The zero-order chi connectivity index (χ0) is 24.0. The molecule has 1 unspecified atom stereocenters. The Kier molecular flexibility index (Phi) is 5.65. The number of nitrogens with one attached hydrogen (secondary N) is 1. The van der Waals surface area contributed by atoms with Crippen LogP contribution in [0.15, 0.2) is 42.7 Å². The Hall–Kier alpha value is -3.23. The maximum atomic E-state index is 13.9. The third kappa shape index (κ3) is 3.67. The van der Waals surface area contributed by atoms with Crippen molar-refractivity contribution < 1.29 is 4.79 Å². The van der Waals surface area contributed by atoms with E-state index in [1.807, 2.05) is 49.9 Å². The van der Waals surface area contributed by atoms with Crippen LogP contribution in [0.1, 0.15) is 47.1 Å². The Balaban J connectivity index is 1.54. The van der Waals surface area contributed by atoms with Gasteiger partial charge in [0.1, 0.15) is 5.54 Å². The quantitative estimate of drug-likeness (QED) is 0.423. The van der Waals surface area contributed by atoms with E-state index in [0.29, 0.717) is 39.5 Å². The van der Waals surface area contributed by atoms with Gasteiger partial charge in [0.2, 0.25) is 0 Å². The first-order valence-electron chi connectivity index (χ1n) is 11.0. The van der Waals surface area contributed by atoms with Crippen LogP contribution in [0.4, 0.5) is 0 Å². The number of halogens is 2. The van der Waals surface area contributed by atoms with E-state index in [1.54, 1.807) is 18.5 Å². The third-order valence-corrected chi connectivity index (χ3v) is 7.36. The summed E-state index contributed by atoms with van der Waals surface area (Å²) >= 11 is 12.7. The Morgan fingerprint density at radius 3 is 2.62 bits per heavy atom. The first kappa shape index (κ1) is 22.6. The molecule has 2 aromatic carbocycles. The lowest BCUT2D eigenvalue weighted by Gasteiger charge is -2.33. The number of hydrogen-bond donors (Lipinski definition) is 1. The fourth-order valence-electron chi connectivity index (χ4n) is 4.51. The number of H-pyrrole nitrogens is 1. The van der Waals surface area contributed by atoms with Gasteiger partial charge in [0.05, 0.1) is 23.6 Å². The molecule has 0 aliphatic carbocycles. The minimum atomic E-state index is -0.666. The number of rotatable bonds is 4. The van der Waals surface area contributed by atoms with Crippen LogP contribution in [-0.2, 0) is 5.54 Å². The second-order valence-electron chi connectivity index (χ2n) is 8.71. The van der Waals surface area contributed by atoms with E-state index in [9.17, 15) is 4.79 Å². The zero-order valence-corrected chi connectivity index (χ0v) is 20.5. The molecule has 34 heavy (non-hydrogen) atoms. The van der Waals surface area contributed by atoms with Crippen molar-refractivity contribution >= 4 is 29.1 Å². The molecule has 2 aromatic heterocycles. The molecule has 1 aliphatic rings. The van der Waals surface area contributed by atoms with Gasteiger partial charge < -0.3 is 9.88 Å². The highest BCUT2D eigenvalue weighted by Crippen LogP contribution is 2.39. The molecule has 3 heterocycles. The van der Waals surface area contributed by atoms with E-state index >= 15 is 0 Å². The fraction of sp³-hybridized carbons (Fsp3) is 0.292. The summed E-state index contributed by atoms with van der Waals surface area (Å²) < 4.78 is 0. The third-order valence-electron chi connectivity index (χ3n) is 6.55. The van der Waals surface area contributed by atoms with Crippen molar-refractivity contribution in [2.45, 2.75) is 39.2 Å². The number of nitrogens with zero attached hydrogens (tertiary/aromatic N) is 6. The molecule has 174 valence electrons. The van der Waals surface area contributed by atoms with Gasteiger partial charge >= 0.3 is 0 Å². The van der Waals surface area contributed by atoms with E-state index in [1.165, 1.54) is 4.80 Å². The van der Waals surface area contributed by atoms with Gasteiger partial charge in [-0.3, -0.25) is 4.79 Å². The summed E-state index contributed by atoms with van der Waals surface area (Å²) in [6.45, 7) is 6.42. The van der Waals surface area contributed by atoms with Crippen molar-refractivity contribution in [1.82, 2.24) is 35.1 Å². The van der Waals surface area contributed by atoms with Crippen molar-refractivity contribution in [3.8, 4) is 17.1 Å². The Morgan fingerprint density at radius 1 is 1.09 bits per heavy atom. The first-order valence-corrected chi connectivity index (χ1v) is 11.7. The SMILES string of the molecule is Cc1cc(-n2nccn2)c(C(=O)N2CCCC2(C)c2nnc(-c3cccc(Cl)c3C)[nH]2)cc1Cl. The Labute approximate surface area is 206 Å². The predicted octanol–water partition coefficient (Wildman–Crippen LogP) is 5.13. The smallest absolute Gasteiger partial charge is 0.256 e. The molecule has 1 N–H and O–H groups in total. The summed E-state index contributed by atoms with van der Waals surface area (Å²) in [6, 6.07) is 9.19. The highest BCUT2D eigenvalue weighted by Gasteiger charge is 2.44. The molecule has 0 bridgehead atoms. The van der Waals surface area contributed by atoms with E-state index in [4.69, 9.17) is 23.2 Å². The van der Waals surface area contributed by atoms with Crippen molar-refractivity contribution in [2.75, 3.05) is 6.54 Å². The number of aromatic amines is 1. The maximum Gasteiger partial charge on any atom is 0.256 e. The van der Waals surface area contributed by atoms with Gasteiger partial charge in [0.25, 0.3) is 5.91 Å². The second-order valence-corrected chi connectivity index (χ2v) is 9.52.